The van der Waals surface area contributed by atoms with Crippen molar-refractivity contribution in [2.45, 2.75) is 30.0 Å². The van der Waals surface area contributed by atoms with Crippen molar-refractivity contribution in [1.29, 1.82) is 0 Å². The number of imide groups is 1. The molecule has 9 nitrogen and oxygen atoms in total. The molecule has 2 atom stereocenters. The number of carbonyl (C=O) groups is 3. The maximum Gasteiger partial charge on any atom is 0.269 e. The number of rotatable bonds is 6. The number of amides is 3. The molecule has 1 aliphatic carbocycles. The van der Waals surface area contributed by atoms with Gasteiger partial charge in [-0.1, -0.05) is 24.6 Å². The molecule has 2 aliphatic rings. The predicted molar refractivity (Wildman–Crippen MR) is 130 cm³/mol. The fourth-order valence-electron chi connectivity index (χ4n) is 4.50. The lowest BCUT2D eigenvalue weighted by Gasteiger charge is -2.19. The van der Waals surface area contributed by atoms with Crippen molar-refractivity contribution in [1.82, 2.24) is 4.98 Å². The second-order valence-electron chi connectivity index (χ2n) is 8.28. The van der Waals surface area contributed by atoms with Gasteiger partial charge in [0.25, 0.3) is 5.69 Å². The van der Waals surface area contributed by atoms with Gasteiger partial charge in [0, 0.05) is 17.8 Å². The standard InChI is InChI=1S/C23H20N4O5S2/c28-20(24-13-5-7-14(8-6-13)27(31)32)12-33-23-25-18-10-9-15(11-19(18)34-23)26-21(29)16-3-1-2-4-17(16)22(26)30/h5-11,16-17H,1-4,12H2,(H,24,28)/t16-,17+. The monoisotopic (exact) mass is 496 g/mol. The van der Waals surface area contributed by atoms with Gasteiger partial charge in [-0.15, -0.1) is 11.3 Å². The van der Waals surface area contributed by atoms with E-state index in [1.165, 1.54) is 52.3 Å². The van der Waals surface area contributed by atoms with Crippen LogP contribution >= 0.6 is 23.1 Å². The van der Waals surface area contributed by atoms with Crippen LogP contribution in [0, 0.1) is 22.0 Å². The summed E-state index contributed by atoms with van der Waals surface area (Å²) in [4.78, 5) is 54.1. The van der Waals surface area contributed by atoms with Crippen molar-refractivity contribution >= 4 is 68.1 Å². The summed E-state index contributed by atoms with van der Waals surface area (Å²) in [5.41, 5.74) is 1.75. The quantitative estimate of drug-likeness (QED) is 0.229. The van der Waals surface area contributed by atoms with Crippen LogP contribution in [0.5, 0.6) is 0 Å². The first-order valence-electron chi connectivity index (χ1n) is 10.9. The van der Waals surface area contributed by atoms with Crippen molar-refractivity contribution in [3.05, 3.63) is 52.6 Å². The number of thiazole rings is 1. The number of carbonyl (C=O) groups excluding carboxylic acids is 3. The highest BCUT2D eigenvalue weighted by atomic mass is 32.2. The van der Waals surface area contributed by atoms with Gasteiger partial charge in [0.1, 0.15) is 0 Å². The number of nitro benzene ring substituents is 1. The molecule has 5 rings (SSSR count). The molecule has 1 saturated heterocycles. The van der Waals surface area contributed by atoms with Gasteiger partial charge in [-0.25, -0.2) is 4.98 Å². The van der Waals surface area contributed by atoms with Crippen LogP contribution in [0.15, 0.2) is 46.8 Å². The molecule has 174 valence electrons. The van der Waals surface area contributed by atoms with E-state index in [9.17, 15) is 24.5 Å². The van der Waals surface area contributed by atoms with Crippen molar-refractivity contribution < 1.29 is 19.3 Å². The molecule has 0 radical (unpaired) electrons. The summed E-state index contributed by atoms with van der Waals surface area (Å²) in [6.45, 7) is 0. The fraction of sp³-hybridized carbons (Fsp3) is 0.304. The van der Waals surface area contributed by atoms with E-state index in [0.717, 1.165) is 35.9 Å². The maximum absolute atomic E-state index is 12.9. The summed E-state index contributed by atoms with van der Waals surface area (Å²) < 4.78 is 1.53. The third kappa shape index (κ3) is 4.28. The first-order valence-corrected chi connectivity index (χ1v) is 12.7. The molecule has 2 fully saturated rings. The molecule has 34 heavy (non-hydrogen) atoms. The number of fused-ring (bicyclic) bond motifs is 2. The Morgan fingerprint density at radius 3 is 2.44 bits per heavy atom. The number of non-ortho nitro benzene ring substituents is 1. The zero-order valence-electron chi connectivity index (χ0n) is 17.9. The van der Waals surface area contributed by atoms with Gasteiger partial charge in [-0.3, -0.25) is 29.4 Å². The van der Waals surface area contributed by atoms with Gasteiger partial charge < -0.3 is 5.32 Å². The molecule has 1 N–H and O–H groups in total. The molecule has 11 heteroatoms. The van der Waals surface area contributed by atoms with Gasteiger partial charge in [-0.2, -0.15) is 0 Å². The number of nitrogens with one attached hydrogen (secondary N) is 1. The minimum Gasteiger partial charge on any atom is -0.325 e. The highest BCUT2D eigenvalue weighted by Crippen LogP contribution is 2.41. The number of benzene rings is 2. The normalized spacial score (nSPS) is 19.9. The zero-order valence-corrected chi connectivity index (χ0v) is 19.6. The van der Waals surface area contributed by atoms with Gasteiger partial charge >= 0.3 is 0 Å². The molecule has 0 bridgehead atoms. The molecule has 0 unspecified atom stereocenters. The van der Waals surface area contributed by atoms with E-state index in [2.05, 4.69) is 10.3 Å². The van der Waals surface area contributed by atoms with E-state index >= 15 is 0 Å². The van der Waals surface area contributed by atoms with Crippen LogP contribution in [0.2, 0.25) is 0 Å². The Kier molecular flexibility index (Phi) is 6.05. The van der Waals surface area contributed by atoms with E-state index in [-0.39, 0.29) is 41.0 Å². The van der Waals surface area contributed by atoms with Crippen LogP contribution in [-0.4, -0.2) is 33.4 Å². The topological polar surface area (TPSA) is 123 Å². The number of anilines is 2. The van der Waals surface area contributed by atoms with Gasteiger partial charge in [-0.05, 0) is 43.2 Å². The smallest absolute Gasteiger partial charge is 0.269 e. The summed E-state index contributed by atoms with van der Waals surface area (Å²) >= 11 is 2.68. The minimum absolute atomic E-state index is 0.0442. The van der Waals surface area contributed by atoms with Crippen molar-refractivity contribution in [2.24, 2.45) is 11.8 Å². The van der Waals surface area contributed by atoms with E-state index < -0.39 is 4.92 Å². The van der Waals surface area contributed by atoms with Crippen molar-refractivity contribution in [3.63, 3.8) is 0 Å². The lowest BCUT2D eigenvalue weighted by Crippen LogP contribution is -2.30. The van der Waals surface area contributed by atoms with Crippen LogP contribution < -0.4 is 10.2 Å². The van der Waals surface area contributed by atoms with Crippen LogP contribution in [0.1, 0.15) is 25.7 Å². The Labute approximate surface area is 202 Å². The summed E-state index contributed by atoms with van der Waals surface area (Å²) in [6.07, 6.45) is 3.52. The summed E-state index contributed by atoms with van der Waals surface area (Å²) in [5, 5.41) is 13.4. The molecular formula is C23H20N4O5S2. The average molecular weight is 497 g/mol. The number of thioether (sulfide) groups is 1. The number of hydrogen-bond donors (Lipinski definition) is 1. The second kappa shape index (κ2) is 9.15. The van der Waals surface area contributed by atoms with Crippen LogP contribution in [0.25, 0.3) is 10.2 Å². The largest absolute Gasteiger partial charge is 0.325 e. The van der Waals surface area contributed by atoms with Crippen LogP contribution in [-0.2, 0) is 14.4 Å². The minimum atomic E-state index is -0.497. The number of aromatic nitrogens is 1. The molecule has 1 aliphatic heterocycles. The Balaban J connectivity index is 1.25. The Bertz CT molecular complexity index is 1280. The Morgan fingerprint density at radius 2 is 1.79 bits per heavy atom. The first-order chi connectivity index (χ1) is 16.4. The van der Waals surface area contributed by atoms with Gasteiger partial charge in [0.2, 0.25) is 17.7 Å². The third-order valence-electron chi connectivity index (χ3n) is 6.14. The highest BCUT2D eigenvalue weighted by molar-refractivity contribution is 8.01. The molecule has 3 amide bonds. The summed E-state index contributed by atoms with van der Waals surface area (Å²) in [6, 6.07) is 11.0. The lowest BCUT2D eigenvalue weighted by molar-refractivity contribution is -0.384. The Hall–Kier alpha value is -3.31. The molecule has 2 aromatic carbocycles. The van der Waals surface area contributed by atoms with E-state index in [1.54, 1.807) is 12.1 Å². The SMILES string of the molecule is O=C(CSc1nc2ccc(N3C(=O)[C@H]4CCCC[C@H]4C3=O)cc2s1)Nc1ccc([N+](=O)[O-])cc1. The first kappa shape index (κ1) is 22.5. The maximum atomic E-state index is 12.9. The fourth-order valence-corrected chi connectivity index (χ4v) is 6.40. The molecular weight excluding hydrogens is 476 g/mol. The molecule has 1 saturated carbocycles. The van der Waals surface area contributed by atoms with Crippen molar-refractivity contribution in [3.8, 4) is 0 Å². The number of nitro groups is 1. The number of nitrogens with zero attached hydrogens (tertiary/aromatic N) is 3. The molecule has 3 aromatic rings. The summed E-state index contributed by atoms with van der Waals surface area (Å²) in [7, 11) is 0. The van der Waals surface area contributed by atoms with E-state index in [4.69, 9.17) is 0 Å². The third-order valence-corrected chi connectivity index (χ3v) is 8.30. The van der Waals surface area contributed by atoms with Gasteiger partial charge in [0.15, 0.2) is 4.34 Å². The average Bonchev–Trinajstić information content (AvgIpc) is 3.36. The zero-order chi connectivity index (χ0) is 23.8. The number of hydrogen-bond acceptors (Lipinski definition) is 8. The lowest BCUT2D eigenvalue weighted by atomic mass is 9.81. The molecule has 2 heterocycles. The van der Waals surface area contributed by atoms with Crippen LogP contribution in [0.3, 0.4) is 0 Å². The second-order valence-corrected chi connectivity index (χ2v) is 10.5. The molecule has 0 spiro atoms. The highest BCUT2D eigenvalue weighted by Gasteiger charge is 2.48. The van der Waals surface area contributed by atoms with Gasteiger partial charge in [0.05, 0.1) is 38.4 Å². The Morgan fingerprint density at radius 1 is 1.12 bits per heavy atom. The van der Waals surface area contributed by atoms with E-state index in [0.29, 0.717) is 15.7 Å². The van der Waals surface area contributed by atoms with Crippen LogP contribution in [0.4, 0.5) is 17.1 Å². The van der Waals surface area contributed by atoms with Crippen molar-refractivity contribution in [2.75, 3.05) is 16.0 Å². The predicted octanol–water partition coefficient (Wildman–Crippen LogP) is 4.61. The van der Waals surface area contributed by atoms with E-state index in [1.807, 2.05) is 6.07 Å². The summed E-state index contributed by atoms with van der Waals surface area (Å²) in [5.74, 6) is -0.727. The molecule has 1 aromatic heterocycles.